The van der Waals surface area contributed by atoms with Crippen molar-refractivity contribution in [2.75, 3.05) is 14.2 Å². The first-order valence-corrected chi connectivity index (χ1v) is 9.97. The monoisotopic (exact) mass is 458 g/mol. The van der Waals surface area contributed by atoms with Crippen molar-refractivity contribution in [3.05, 3.63) is 87.4 Å². The van der Waals surface area contributed by atoms with Crippen LogP contribution in [-0.4, -0.2) is 26.3 Å². The zero-order valence-corrected chi connectivity index (χ0v) is 18.4. The molecular weight excluding hydrogens is 439 g/mol. The minimum Gasteiger partial charge on any atom is -0.497 e. The number of amides is 1. The Morgan fingerprint density at radius 3 is 2.19 bits per heavy atom. The predicted molar refractivity (Wildman–Crippen MR) is 122 cm³/mol. The van der Waals surface area contributed by atoms with Gasteiger partial charge in [-0.3, -0.25) is 4.79 Å². The molecule has 0 saturated carbocycles. The maximum Gasteiger partial charge on any atom is 0.271 e. The highest BCUT2D eigenvalue weighted by atomic mass is 35.5. The number of hydrogen-bond donors (Lipinski definition) is 1. The minimum atomic E-state index is -0.380. The van der Waals surface area contributed by atoms with Crippen molar-refractivity contribution >= 4 is 35.3 Å². The summed E-state index contributed by atoms with van der Waals surface area (Å²) in [6.07, 6.45) is 1.54. The second-order valence-corrected chi connectivity index (χ2v) is 7.22. The van der Waals surface area contributed by atoms with E-state index in [1.807, 2.05) is 30.3 Å². The van der Waals surface area contributed by atoms with E-state index >= 15 is 0 Å². The molecule has 3 rings (SSSR count). The van der Waals surface area contributed by atoms with Crippen LogP contribution >= 0.6 is 23.2 Å². The molecule has 160 valence electrons. The topological polar surface area (TPSA) is 69.2 Å². The Balaban J connectivity index is 1.55. The van der Waals surface area contributed by atoms with Gasteiger partial charge in [-0.1, -0.05) is 29.3 Å². The van der Waals surface area contributed by atoms with Crippen LogP contribution in [0.25, 0.3) is 0 Å². The molecule has 3 aromatic rings. The van der Waals surface area contributed by atoms with Gasteiger partial charge in [-0.2, -0.15) is 5.10 Å². The van der Waals surface area contributed by atoms with Crippen molar-refractivity contribution in [2.45, 2.75) is 6.61 Å². The first-order valence-electron chi connectivity index (χ1n) is 9.22. The van der Waals surface area contributed by atoms with Crippen LogP contribution in [0.2, 0.25) is 10.0 Å². The molecule has 1 amide bonds. The summed E-state index contributed by atoms with van der Waals surface area (Å²) in [5, 5.41) is 4.99. The van der Waals surface area contributed by atoms with Crippen molar-refractivity contribution in [1.29, 1.82) is 0 Å². The van der Waals surface area contributed by atoms with Crippen molar-refractivity contribution in [3.8, 4) is 17.2 Å². The van der Waals surface area contributed by atoms with Gasteiger partial charge in [0.2, 0.25) is 0 Å². The SMILES string of the molecule is COc1cc(OC)cc(C(=O)N/N=C\c2ccc(OCc3ccc(Cl)c(Cl)c3)cc2)c1. The fourth-order valence-corrected chi connectivity index (χ4v) is 2.94. The van der Waals surface area contributed by atoms with Crippen molar-refractivity contribution in [1.82, 2.24) is 5.43 Å². The molecule has 31 heavy (non-hydrogen) atoms. The number of nitrogens with one attached hydrogen (secondary N) is 1. The van der Waals surface area contributed by atoms with Crippen LogP contribution in [0.3, 0.4) is 0 Å². The Labute approximate surface area is 190 Å². The first kappa shape index (κ1) is 22.5. The van der Waals surface area contributed by atoms with Gasteiger partial charge < -0.3 is 14.2 Å². The summed E-state index contributed by atoms with van der Waals surface area (Å²) in [4.78, 5) is 12.3. The molecule has 0 unspecified atom stereocenters. The summed E-state index contributed by atoms with van der Waals surface area (Å²) < 4.78 is 16.1. The Hall–Kier alpha value is -3.22. The lowest BCUT2D eigenvalue weighted by molar-refractivity contribution is 0.0954. The highest BCUT2D eigenvalue weighted by Gasteiger charge is 2.09. The van der Waals surface area contributed by atoms with E-state index in [2.05, 4.69) is 10.5 Å². The molecule has 8 heteroatoms. The summed E-state index contributed by atoms with van der Waals surface area (Å²) in [5.74, 6) is 1.35. The number of carbonyl (C=O) groups is 1. The molecule has 0 spiro atoms. The third-order valence-corrected chi connectivity index (χ3v) is 5.00. The van der Waals surface area contributed by atoms with E-state index in [1.165, 1.54) is 20.4 Å². The molecule has 0 aliphatic rings. The number of benzene rings is 3. The molecule has 0 radical (unpaired) electrons. The zero-order chi connectivity index (χ0) is 22.2. The minimum absolute atomic E-state index is 0.365. The molecule has 0 fully saturated rings. The van der Waals surface area contributed by atoms with E-state index in [9.17, 15) is 4.79 Å². The Morgan fingerprint density at radius 1 is 0.903 bits per heavy atom. The summed E-state index contributed by atoms with van der Waals surface area (Å²) in [5.41, 5.74) is 4.57. The maximum absolute atomic E-state index is 12.3. The normalized spacial score (nSPS) is 10.7. The van der Waals surface area contributed by atoms with Gasteiger partial charge in [0.05, 0.1) is 30.5 Å². The molecular formula is C23H20Cl2N2O4. The summed E-state index contributed by atoms with van der Waals surface area (Å²) >= 11 is 11.9. The van der Waals surface area contributed by atoms with Crippen molar-refractivity contribution in [2.24, 2.45) is 5.10 Å². The molecule has 0 aliphatic carbocycles. The molecule has 3 aromatic carbocycles. The molecule has 0 bridgehead atoms. The van der Waals surface area contributed by atoms with Crippen LogP contribution in [-0.2, 0) is 6.61 Å². The lowest BCUT2D eigenvalue weighted by Gasteiger charge is -2.08. The van der Waals surface area contributed by atoms with E-state index in [1.54, 1.807) is 30.3 Å². The summed E-state index contributed by atoms with van der Waals surface area (Å²) in [7, 11) is 3.04. The molecule has 0 heterocycles. The highest BCUT2D eigenvalue weighted by molar-refractivity contribution is 6.42. The van der Waals surface area contributed by atoms with Gasteiger partial charge in [0.25, 0.3) is 5.91 Å². The van der Waals surface area contributed by atoms with Crippen LogP contribution in [0.4, 0.5) is 0 Å². The molecule has 0 aromatic heterocycles. The van der Waals surface area contributed by atoms with E-state index in [-0.39, 0.29) is 5.91 Å². The first-order chi connectivity index (χ1) is 15.0. The number of methoxy groups -OCH3 is 2. The third kappa shape index (κ3) is 6.38. The summed E-state index contributed by atoms with van der Waals surface area (Å²) in [6.45, 7) is 0.365. The standard InChI is InChI=1S/C23H20Cl2N2O4/c1-29-19-10-17(11-20(12-19)30-2)23(28)27-26-13-15-3-6-18(7-4-15)31-14-16-5-8-21(24)22(25)9-16/h3-13H,14H2,1-2H3,(H,27,28)/b26-13-. The fraction of sp³-hybridized carbons (Fsp3) is 0.130. The molecule has 0 atom stereocenters. The Morgan fingerprint density at radius 2 is 1.58 bits per heavy atom. The average Bonchev–Trinajstić information content (AvgIpc) is 2.80. The highest BCUT2D eigenvalue weighted by Crippen LogP contribution is 2.24. The van der Waals surface area contributed by atoms with Crippen molar-refractivity contribution < 1.29 is 19.0 Å². The van der Waals surface area contributed by atoms with Crippen LogP contribution in [0.1, 0.15) is 21.5 Å². The number of halogens is 2. The van der Waals surface area contributed by atoms with Gasteiger partial charge in [0.15, 0.2) is 0 Å². The second kappa shape index (κ2) is 10.7. The second-order valence-electron chi connectivity index (χ2n) is 6.41. The lowest BCUT2D eigenvalue weighted by atomic mass is 10.2. The average molecular weight is 459 g/mol. The van der Waals surface area contributed by atoms with Crippen LogP contribution in [0, 0.1) is 0 Å². The van der Waals surface area contributed by atoms with Gasteiger partial charge in [0.1, 0.15) is 23.9 Å². The number of ether oxygens (including phenoxy) is 3. The zero-order valence-electron chi connectivity index (χ0n) is 16.9. The van der Waals surface area contributed by atoms with Gasteiger partial charge >= 0.3 is 0 Å². The molecule has 0 aliphatic heterocycles. The maximum atomic E-state index is 12.3. The molecule has 1 N–H and O–H groups in total. The molecule has 0 saturated heterocycles. The van der Waals surface area contributed by atoms with E-state index in [0.717, 1.165) is 11.1 Å². The third-order valence-electron chi connectivity index (χ3n) is 4.26. The van der Waals surface area contributed by atoms with Gasteiger partial charge in [0, 0.05) is 11.6 Å². The Bertz CT molecular complexity index is 1060. The number of carbonyl (C=O) groups excluding carboxylic acids is 1. The van der Waals surface area contributed by atoms with Gasteiger partial charge in [-0.15, -0.1) is 0 Å². The summed E-state index contributed by atoms with van der Waals surface area (Å²) in [6, 6.07) is 17.5. The number of hydrogen-bond acceptors (Lipinski definition) is 5. The van der Waals surface area contributed by atoms with Crippen LogP contribution in [0.5, 0.6) is 17.2 Å². The quantitative estimate of drug-likeness (QED) is 0.364. The predicted octanol–water partition coefficient (Wildman–Crippen LogP) is 5.35. The van der Waals surface area contributed by atoms with Crippen LogP contribution in [0.15, 0.2) is 65.8 Å². The smallest absolute Gasteiger partial charge is 0.271 e. The van der Waals surface area contributed by atoms with E-state index in [0.29, 0.717) is 39.5 Å². The van der Waals surface area contributed by atoms with Gasteiger partial charge in [-0.05, 0) is 59.7 Å². The van der Waals surface area contributed by atoms with E-state index < -0.39 is 0 Å². The van der Waals surface area contributed by atoms with E-state index in [4.69, 9.17) is 37.4 Å². The van der Waals surface area contributed by atoms with Crippen LogP contribution < -0.4 is 19.6 Å². The number of hydrazone groups is 1. The number of nitrogens with zero attached hydrogens (tertiary/aromatic N) is 1. The fourth-order valence-electron chi connectivity index (χ4n) is 2.61. The lowest BCUT2D eigenvalue weighted by Crippen LogP contribution is -2.17. The van der Waals surface area contributed by atoms with Gasteiger partial charge in [-0.25, -0.2) is 5.43 Å². The Kier molecular flexibility index (Phi) is 7.76. The molecule has 6 nitrogen and oxygen atoms in total. The number of rotatable bonds is 8. The van der Waals surface area contributed by atoms with Crippen molar-refractivity contribution in [3.63, 3.8) is 0 Å². The largest absolute Gasteiger partial charge is 0.497 e.